The van der Waals surface area contributed by atoms with Crippen LogP contribution in [0, 0.1) is 10.1 Å². The van der Waals surface area contributed by atoms with Crippen LogP contribution in [-0.2, 0) is 14.6 Å². The van der Waals surface area contributed by atoms with Gasteiger partial charge in [0.25, 0.3) is 11.6 Å². The van der Waals surface area contributed by atoms with Crippen molar-refractivity contribution in [1.82, 2.24) is 0 Å². The summed E-state index contributed by atoms with van der Waals surface area (Å²) in [5, 5.41) is 9.89. The first-order chi connectivity index (χ1) is 18.7. The third-order valence-corrected chi connectivity index (χ3v) is 8.06. The van der Waals surface area contributed by atoms with Crippen LogP contribution < -0.4 is 23.8 Å². The summed E-state index contributed by atoms with van der Waals surface area (Å²) in [6.07, 6.45) is 1.21. The van der Waals surface area contributed by atoms with E-state index in [4.69, 9.17) is 18.9 Å². The number of hydrogen-bond donors (Lipinski definition) is 0. The highest BCUT2D eigenvalue weighted by Gasteiger charge is 2.50. The molecule has 0 spiro atoms. The van der Waals surface area contributed by atoms with Crippen molar-refractivity contribution >= 4 is 33.2 Å². The van der Waals surface area contributed by atoms with Crippen molar-refractivity contribution in [3.63, 3.8) is 0 Å². The molecule has 1 saturated heterocycles. The Morgan fingerprint density at radius 1 is 0.949 bits per heavy atom. The third kappa shape index (κ3) is 5.10. The molecule has 1 fully saturated rings. The third-order valence-electron chi connectivity index (χ3n) is 6.08. The fraction of sp³-hybridized carbons (Fsp3) is 0.222. The van der Waals surface area contributed by atoms with Crippen LogP contribution in [0.3, 0.4) is 0 Å². The minimum Gasteiger partial charge on any atom is -0.496 e. The summed E-state index contributed by atoms with van der Waals surface area (Å²) in [4.78, 5) is 25.2. The predicted molar refractivity (Wildman–Crippen MR) is 144 cm³/mol. The second kappa shape index (κ2) is 11.0. The van der Waals surface area contributed by atoms with Crippen molar-refractivity contribution in [3.05, 3.63) is 86.8 Å². The van der Waals surface area contributed by atoms with Gasteiger partial charge in [0.15, 0.2) is 16.9 Å². The van der Waals surface area contributed by atoms with Gasteiger partial charge in [-0.3, -0.25) is 19.8 Å². The van der Waals surface area contributed by atoms with E-state index in [0.29, 0.717) is 23.9 Å². The van der Waals surface area contributed by atoms with Crippen LogP contribution in [0.1, 0.15) is 23.4 Å². The van der Waals surface area contributed by atoms with Crippen molar-refractivity contribution in [2.24, 2.45) is 0 Å². The quantitative estimate of drug-likeness (QED) is 0.212. The number of rotatable bonds is 9. The molecule has 0 unspecified atom stereocenters. The highest BCUT2D eigenvalue weighted by atomic mass is 32.2. The summed E-state index contributed by atoms with van der Waals surface area (Å²) in [5.41, 5.74) is 0.287. The molecule has 11 nitrogen and oxygen atoms in total. The first-order valence-corrected chi connectivity index (χ1v) is 13.3. The minimum atomic E-state index is -4.39. The van der Waals surface area contributed by atoms with E-state index in [1.165, 1.54) is 57.7 Å². The SMILES string of the molecule is CCOc1ccc(N2C(=O)/C(=C\c3cc(OC)c(OC)cc3OC)S(=O)(=O)[C@@H]2c2cccc([N+](=O)[O-])c2)cc1. The maximum atomic E-state index is 14.0. The van der Waals surface area contributed by atoms with Crippen LogP contribution in [0.4, 0.5) is 11.4 Å². The van der Waals surface area contributed by atoms with E-state index in [1.54, 1.807) is 24.3 Å². The van der Waals surface area contributed by atoms with Crippen LogP contribution in [0.25, 0.3) is 6.08 Å². The van der Waals surface area contributed by atoms with Crippen molar-refractivity contribution < 1.29 is 37.1 Å². The largest absolute Gasteiger partial charge is 0.496 e. The lowest BCUT2D eigenvalue weighted by Gasteiger charge is -2.23. The van der Waals surface area contributed by atoms with Crippen LogP contribution in [0.2, 0.25) is 0 Å². The number of anilines is 1. The van der Waals surface area contributed by atoms with E-state index in [9.17, 15) is 23.3 Å². The summed E-state index contributed by atoms with van der Waals surface area (Å²) in [6.45, 7) is 2.25. The van der Waals surface area contributed by atoms with E-state index in [-0.39, 0.29) is 28.3 Å². The molecule has 39 heavy (non-hydrogen) atoms. The van der Waals surface area contributed by atoms with E-state index < -0.39 is 30.9 Å². The van der Waals surface area contributed by atoms with Crippen LogP contribution in [0.15, 0.2) is 65.6 Å². The minimum absolute atomic E-state index is 0.0640. The number of nitro benzene ring substituents is 1. The molecule has 1 atom stereocenters. The van der Waals surface area contributed by atoms with Crippen LogP contribution in [0.5, 0.6) is 23.0 Å². The number of methoxy groups -OCH3 is 3. The van der Waals surface area contributed by atoms with Crippen molar-refractivity contribution in [1.29, 1.82) is 0 Å². The Balaban J connectivity index is 1.94. The van der Waals surface area contributed by atoms with Gasteiger partial charge in [-0.25, -0.2) is 8.42 Å². The summed E-state index contributed by atoms with van der Waals surface area (Å²) in [5.74, 6) is 0.616. The van der Waals surface area contributed by atoms with Crippen LogP contribution >= 0.6 is 0 Å². The number of amides is 1. The van der Waals surface area contributed by atoms with Gasteiger partial charge in [0, 0.05) is 29.4 Å². The molecule has 3 aromatic rings. The highest BCUT2D eigenvalue weighted by molar-refractivity contribution is 7.97. The number of ether oxygens (including phenoxy) is 4. The fourth-order valence-electron chi connectivity index (χ4n) is 4.30. The summed E-state index contributed by atoms with van der Waals surface area (Å²) in [6, 6.07) is 14.6. The lowest BCUT2D eigenvalue weighted by Crippen LogP contribution is -2.29. The first kappa shape index (κ1) is 27.5. The average molecular weight is 555 g/mol. The molecule has 0 N–H and O–H groups in total. The second-order valence-corrected chi connectivity index (χ2v) is 10.3. The number of non-ortho nitro benzene ring substituents is 1. The zero-order valence-electron chi connectivity index (χ0n) is 21.6. The number of carbonyl (C=O) groups is 1. The van der Waals surface area contributed by atoms with E-state index >= 15 is 0 Å². The van der Waals surface area contributed by atoms with Gasteiger partial charge in [-0.05, 0) is 48.9 Å². The molecule has 0 bridgehead atoms. The van der Waals surface area contributed by atoms with Crippen molar-refractivity contribution in [2.45, 2.75) is 12.3 Å². The predicted octanol–water partition coefficient (Wildman–Crippen LogP) is 4.52. The zero-order valence-corrected chi connectivity index (χ0v) is 22.4. The second-order valence-electron chi connectivity index (χ2n) is 8.31. The Morgan fingerprint density at radius 3 is 2.18 bits per heavy atom. The van der Waals surface area contributed by atoms with Crippen molar-refractivity contribution in [2.75, 3.05) is 32.8 Å². The normalized spacial score (nSPS) is 17.2. The Morgan fingerprint density at radius 2 is 1.59 bits per heavy atom. The molecule has 12 heteroatoms. The highest BCUT2D eigenvalue weighted by Crippen LogP contribution is 2.45. The Bertz CT molecular complexity index is 1550. The lowest BCUT2D eigenvalue weighted by molar-refractivity contribution is -0.384. The maximum absolute atomic E-state index is 14.0. The van der Waals surface area contributed by atoms with Gasteiger partial charge in [-0.2, -0.15) is 0 Å². The molecular weight excluding hydrogens is 528 g/mol. The molecule has 0 aromatic heterocycles. The Kier molecular flexibility index (Phi) is 7.77. The van der Waals surface area contributed by atoms with E-state index in [0.717, 1.165) is 11.0 Å². The Hall–Kier alpha value is -4.58. The van der Waals surface area contributed by atoms with Gasteiger partial charge < -0.3 is 18.9 Å². The van der Waals surface area contributed by atoms with Gasteiger partial charge in [0.2, 0.25) is 9.84 Å². The smallest absolute Gasteiger partial charge is 0.271 e. The van der Waals surface area contributed by atoms with Gasteiger partial charge in [0.05, 0.1) is 32.9 Å². The van der Waals surface area contributed by atoms with Gasteiger partial charge in [-0.1, -0.05) is 12.1 Å². The summed E-state index contributed by atoms with van der Waals surface area (Å²) in [7, 11) is -0.133. The van der Waals surface area contributed by atoms with Gasteiger partial charge >= 0.3 is 0 Å². The molecule has 0 aliphatic carbocycles. The average Bonchev–Trinajstić information content (AvgIpc) is 3.13. The number of sulfone groups is 1. The number of nitro groups is 1. The van der Waals surface area contributed by atoms with Crippen LogP contribution in [-0.4, -0.2) is 47.2 Å². The number of benzene rings is 3. The first-order valence-electron chi connectivity index (χ1n) is 11.7. The molecule has 1 heterocycles. The number of hydrogen-bond acceptors (Lipinski definition) is 9. The summed E-state index contributed by atoms with van der Waals surface area (Å²) >= 11 is 0. The zero-order chi connectivity index (χ0) is 28.3. The molecule has 204 valence electrons. The fourth-order valence-corrected chi connectivity index (χ4v) is 6.17. The molecular formula is C27H26N2O9S. The molecule has 4 rings (SSSR count). The molecule has 1 amide bonds. The molecule has 0 radical (unpaired) electrons. The number of nitrogens with zero attached hydrogens (tertiary/aromatic N) is 2. The summed E-state index contributed by atoms with van der Waals surface area (Å²) < 4.78 is 49.5. The Labute approximate surface area is 225 Å². The van der Waals surface area contributed by atoms with Crippen molar-refractivity contribution in [3.8, 4) is 23.0 Å². The molecule has 3 aromatic carbocycles. The molecule has 1 aliphatic rings. The molecule has 0 saturated carbocycles. The van der Waals surface area contributed by atoms with E-state index in [2.05, 4.69) is 0 Å². The number of carbonyl (C=O) groups excluding carboxylic acids is 1. The topological polar surface area (TPSA) is 135 Å². The van der Waals surface area contributed by atoms with Gasteiger partial charge in [-0.15, -0.1) is 0 Å². The maximum Gasteiger partial charge on any atom is 0.271 e. The van der Waals surface area contributed by atoms with E-state index in [1.807, 2.05) is 6.92 Å². The molecule has 1 aliphatic heterocycles. The standard InChI is InChI=1S/C27H26N2O9S/c1-5-38-21-11-9-19(10-12-21)28-26(30)25(15-18-14-23(36-3)24(37-4)16-22(18)35-2)39(33,34)27(28)17-7-6-8-20(13-17)29(31)32/h6-16,27H,5H2,1-4H3/b25-15+/t27-/m1/s1. The monoisotopic (exact) mass is 554 g/mol. The lowest BCUT2D eigenvalue weighted by atomic mass is 10.1. The van der Waals surface area contributed by atoms with Gasteiger partial charge in [0.1, 0.15) is 16.4 Å².